The van der Waals surface area contributed by atoms with E-state index >= 15 is 0 Å². The van der Waals surface area contributed by atoms with E-state index in [0.717, 1.165) is 6.42 Å². The van der Waals surface area contributed by atoms with Gasteiger partial charge >= 0.3 is 0 Å². The van der Waals surface area contributed by atoms with Gasteiger partial charge in [0.05, 0.1) is 18.1 Å². The summed E-state index contributed by atoms with van der Waals surface area (Å²) in [6, 6.07) is 4.56. The number of carbonyl (C=O) groups excluding carboxylic acids is 1. The molecule has 1 rings (SSSR count). The summed E-state index contributed by atoms with van der Waals surface area (Å²) in [7, 11) is 3.30. The maximum absolute atomic E-state index is 11.9. The second kappa shape index (κ2) is 7.58. The fourth-order valence-electron chi connectivity index (χ4n) is 1.94. The van der Waals surface area contributed by atoms with Crippen molar-refractivity contribution in [3.63, 3.8) is 0 Å². The molecule has 7 nitrogen and oxygen atoms in total. The highest BCUT2D eigenvalue weighted by Gasteiger charge is 2.22. The molecule has 1 aromatic carbocycles. The number of amides is 1. The maximum atomic E-state index is 11.9. The summed E-state index contributed by atoms with van der Waals surface area (Å²) >= 11 is 0. The minimum atomic E-state index is -0.489. The Morgan fingerprint density at radius 3 is 2.52 bits per heavy atom. The zero-order valence-electron chi connectivity index (χ0n) is 12.6. The molecule has 0 aromatic heterocycles. The summed E-state index contributed by atoms with van der Waals surface area (Å²) in [5.41, 5.74) is 0.775. The Morgan fingerprint density at radius 2 is 2.05 bits per heavy atom. The molecule has 116 valence electrons. The lowest BCUT2D eigenvalue weighted by atomic mass is 10.1. The molecular formula is C14H21N3O4. The van der Waals surface area contributed by atoms with E-state index in [-0.39, 0.29) is 24.7 Å². The number of nitro groups is 1. The first-order chi connectivity index (χ1) is 9.90. The van der Waals surface area contributed by atoms with Crippen molar-refractivity contribution in [2.45, 2.75) is 20.0 Å². The van der Waals surface area contributed by atoms with E-state index in [1.54, 1.807) is 31.1 Å². The van der Waals surface area contributed by atoms with Crippen LogP contribution < -0.4 is 4.90 Å². The molecule has 1 aromatic rings. The van der Waals surface area contributed by atoms with Crippen LogP contribution in [0.2, 0.25) is 0 Å². The van der Waals surface area contributed by atoms with Crippen LogP contribution >= 0.6 is 0 Å². The lowest BCUT2D eigenvalue weighted by Crippen LogP contribution is -2.37. The van der Waals surface area contributed by atoms with Gasteiger partial charge in [-0.15, -0.1) is 0 Å². The van der Waals surface area contributed by atoms with Crippen LogP contribution in [0.15, 0.2) is 18.2 Å². The van der Waals surface area contributed by atoms with Crippen LogP contribution in [-0.2, 0) is 11.4 Å². The van der Waals surface area contributed by atoms with E-state index < -0.39 is 4.92 Å². The number of carbonyl (C=O) groups is 1. The number of likely N-dealkylation sites (N-methyl/N-ethyl adjacent to an activating group) is 1. The van der Waals surface area contributed by atoms with E-state index in [1.807, 2.05) is 6.92 Å². The molecule has 0 saturated heterocycles. The molecule has 21 heavy (non-hydrogen) atoms. The lowest BCUT2D eigenvalue weighted by molar-refractivity contribution is -0.384. The molecule has 0 saturated carbocycles. The van der Waals surface area contributed by atoms with Gasteiger partial charge in [0.15, 0.2) is 0 Å². The van der Waals surface area contributed by atoms with Gasteiger partial charge in [0, 0.05) is 26.7 Å². The number of aliphatic hydroxyl groups excluding tert-OH is 1. The SMILES string of the molecule is CCCN(CC(=O)N(C)C)c1ccc(CO)cc1[N+](=O)[O-]. The predicted octanol–water partition coefficient (Wildman–Crippen LogP) is 1.39. The van der Waals surface area contributed by atoms with Crippen molar-refractivity contribution in [2.75, 3.05) is 32.1 Å². The van der Waals surface area contributed by atoms with Gasteiger partial charge in [-0.1, -0.05) is 13.0 Å². The molecule has 0 aliphatic heterocycles. The number of hydrogen-bond donors (Lipinski definition) is 1. The normalized spacial score (nSPS) is 10.3. The highest BCUT2D eigenvalue weighted by molar-refractivity contribution is 5.82. The zero-order chi connectivity index (χ0) is 16.0. The van der Waals surface area contributed by atoms with Gasteiger partial charge in [-0.2, -0.15) is 0 Å². The van der Waals surface area contributed by atoms with Gasteiger partial charge in [-0.25, -0.2) is 0 Å². The van der Waals surface area contributed by atoms with Crippen LogP contribution in [0.3, 0.4) is 0 Å². The van der Waals surface area contributed by atoms with Gasteiger partial charge in [0.1, 0.15) is 5.69 Å². The molecule has 0 aliphatic carbocycles. The summed E-state index contributed by atoms with van der Waals surface area (Å²) in [5, 5.41) is 20.3. The van der Waals surface area contributed by atoms with Gasteiger partial charge in [-0.3, -0.25) is 14.9 Å². The van der Waals surface area contributed by atoms with E-state index in [2.05, 4.69) is 0 Å². The van der Waals surface area contributed by atoms with Crippen LogP contribution in [0, 0.1) is 10.1 Å². The predicted molar refractivity (Wildman–Crippen MR) is 80.2 cm³/mol. The molecule has 0 aliphatic rings. The Balaban J connectivity index is 3.17. The molecule has 0 unspecified atom stereocenters. The van der Waals surface area contributed by atoms with Gasteiger partial charge in [0.25, 0.3) is 5.69 Å². The number of aliphatic hydroxyl groups is 1. The summed E-state index contributed by atoms with van der Waals surface area (Å²) < 4.78 is 0. The lowest BCUT2D eigenvalue weighted by Gasteiger charge is -2.25. The number of nitrogens with zero attached hydrogens (tertiary/aromatic N) is 3. The van der Waals surface area contributed by atoms with Crippen LogP contribution in [0.5, 0.6) is 0 Å². The van der Waals surface area contributed by atoms with Crippen molar-refractivity contribution >= 4 is 17.3 Å². The first-order valence-electron chi connectivity index (χ1n) is 6.74. The third-order valence-electron chi connectivity index (χ3n) is 3.08. The fraction of sp³-hybridized carbons (Fsp3) is 0.500. The minimum absolute atomic E-state index is 0.0835. The van der Waals surface area contributed by atoms with E-state index in [0.29, 0.717) is 17.8 Å². The van der Waals surface area contributed by atoms with Crippen LogP contribution in [-0.4, -0.2) is 48.0 Å². The highest BCUT2D eigenvalue weighted by Crippen LogP contribution is 2.29. The zero-order valence-corrected chi connectivity index (χ0v) is 12.6. The second-order valence-corrected chi connectivity index (χ2v) is 4.95. The van der Waals surface area contributed by atoms with Crippen molar-refractivity contribution < 1.29 is 14.8 Å². The Hall–Kier alpha value is -2.15. The van der Waals surface area contributed by atoms with E-state index in [9.17, 15) is 14.9 Å². The molecular weight excluding hydrogens is 274 g/mol. The molecule has 0 atom stereocenters. The fourth-order valence-corrected chi connectivity index (χ4v) is 1.94. The molecule has 1 N–H and O–H groups in total. The Kier molecular flexibility index (Phi) is 6.10. The van der Waals surface area contributed by atoms with Crippen LogP contribution in [0.25, 0.3) is 0 Å². The van der Waals surface area contributed by atoms with Crippen molar-refractivity contribution in [3.8, 4) is 0 Å². The summed E-state index contributed by atoms with van der Waals surface area (Å²) in [6.45, 7) is 2.31. The number of rotatable bonds is 7. The number of benzene rings is 1. The molecule has 0 spiro atoms. The van der Waals surface area contributed by atoms with Gasteiger partial charge in [0.2, 0.25) is 5.91 Å². The number of anilines is 1. The van der Waals surface area contributed by atoms with Crippen molar-refractivity contribution in [3.05, 3.63) is 33.9 Å². The minimum Gasteiger partial charge on any atom is -0.392 e. The van der Waals surface area contributed by atoms with Crippen molar-refractivity contribution in [1.29, 1.82) is 0 Å². The van der Waals surface area contributed by atoms with E-state index in [4.69, 9.17) is 5.11 Å². The largest absolute Gasteiger partial charge is 0.392 e. The van der Waals surface area contributed by atoms with E-state index in [1.165, 1.54) is 11.0 Å². The maximum Gasteiger partial charge on any atom is 0.292 e. The smallest absolute Gasteiger partial charge is 0.292 e. The topological polar surface area (TPSA) is 86.9 Å². The standard InChI is InChI=1S/C14H21N3O4/c1-4-7-16(9-14(19)15(2)3)12-6-5-11(10-18)8-13(12)17(20)21/h5-6,8,18H,4,7,9-10H2,1-3H3. The first-order valence-corrected chi connectivity index (χ1v) is 6.74. The molecule has 0 heterocycles. The highest BCUT2D eigenvalue weighted by atomic mass is 16.6. The van der Waals surface area contributed by atoms with Gasteiger partial charge in [-0.05, 0) is 18.1 Å². The Labute approximate surface area is 123 Å². The number of nitro benzene ring substituents is 1. The Bertz CT molecular complexity index is 517. The third-order valence-corrected chi connectivity index (χ3v) is 3.08. The van der Waals surface area contributed by atoms with Crippen LogP contribution in [0.1, 0.15) is 18.9 Å². The molecule has 0 fully saturated rings. The monoisotopic (exact) mass is 295 g/mol. The molecule has 0 bridgehead atoms. The van der Waals surface area contributed by atoms with Crippen molar-refractivity contribution in [1.82, 2.24) is 4.90 Å². The quantitative estimate of drug-likeness (QED) is 0.607. The van der Waals surface area contributed by atoms with Crippen LogP contribution in [0.4, 0.5) is 11.4 Å². The number of hydrogen-bond acceptors (Lipinski definition) is 5. The summed E-state index contributed by atoms with van der Waals surface area (Å²) in [4.78, 5) is 25.8. The average molecular weight is 295 g/mol. The van der Waals surface area contributed by atoms with Gasteiger partial charge < -0.3 is 14.9 Å². The summed E-state index contributed by atoms with van der Waals surface area (Å²) in [6.07, 6.45) is 0.764. The average Bonchev–Trinajstić information content (AvgIpc) is 2.45. The first kappa shape index (κ1) is 16.9. The third kappa shape index (κ3) is 4.42. The van der Waals surface area contributed by atoms with Crippen molar-refractivity contribution in [2.24, 2.45) is 0 Å². The summed E-state index contributed by atoms with van der Waals surface area (Å²) in [5.74, 6) is -0.121. The second-order valence-electron chi connectivity index (χ2n) is 4.95. The Morgan fingerprint density at radius 1 is 1.38 bits per heavy atom. The molecule has 1 amide bonds. The molecule has 7 heteroatoms. The molecule has 0 radical (unpaired) electrons.